The Kier molecular flexibility index (Phi) is 6.75. The topological polar surface area (TPSA) is 77.4 Å². The van der Waals surface area contributed by atoms with Crippen molar-refractivity contribution in [1.29, 1.82) is 0 Å². The number of ether oxygens (including phenoxy) is 3. The minimum absolute atomic E-state index is 0.0519. The molecule has 0 unspecified atom stereocenters. The van der Waals surface area contributed by atoms with Gasteiger partial charge in [0.2, 0.25) is 11.6 Å². The Labute approximate surface area is 202 Å². The summed E-state index contributed by atoms with van der Waals surface area (Å²) in [5.41, 5.74) is 0.831. The van der Waals surface area contributed by atoms with Crippen molar-refractivity contribution in [3.63, 3.8) is 0 Å². The molecule has 0 fully saturated rings. The molecule has 0 bridgehead atoms. The monoisotopic (exact) mass is 505 g/mol. The van der Waals surface area contributed by atoms with Crippen molar-refractivity contribution in [3.05, 3.63) is 76.9 Å². The molecule has 10 heteroatoms. The lowest BCUT2D eigenvalue weighted by Crippen LogP contribution is -2.11. The Hall–Kier alpha value is -3.53. The van der Waals surface area contributed by atoms with Gasteiger partial charge in [-0.3, -0.25) is 0 Å². The summed E-state index contributed by atoms with van der Waals surface area (Å²) in [7, 11) is 0.881. The van der Waals surface area contributed by atoms with Crippen molar-refractivity contribution < 1.29 is 36.7 Å². The van der Waals surface area contributed by atoms with E-state index in [1.807, 2.05) is 6.92 Å². The Balaban J connectivity index is 1.78. The highest BCUT2D eigenvalue weighted by Gasteiger charge is 2.33. The van der Waals surface area contributed by atoms with E-state index >= 15 is 0 Å². The number of aromatic hydroxyl groups is 1. The van der Waals surface area contributed by atoms with Crippen LogP contribution in [0.25, 0.3) is 0 Å². The first-order valence-electron chi connectivity index (χ1n) is 10.5. The molecule has 2 atom stereocenters. The molecule has 3 aromatic rings. The van der Waals surface area contributed by atoms with Gasteiger partial charge in [0.1, 0.15) is 12.6 Å². The van der Waals surface area contributed by atoms with Crippen molar-refractivity contribution in [1.82, 2.24) is 0 Å². The third-order valence-electron chi connectivity index (χ3n) is 5.51. The van der Waals surface area contributed by atoms with E-state index in [1.165, 1.54) is 20.3 Å². The van der Waals surface area contributed by atoms with Crippen LogP contribution in [0.5, 0.6) is 17.2 Å². The van der Waals surface area contributed by atoms with E-state index in [-0.39, 0.29) is 40.2 Å². The quantitative estimate of drug-likeness (QED) is 0.484. The van der Waals surface area contributed by atoms with E-state index in [0.29, 0.717) is 10.5 Å². The summed E-state index contributed by atoms with van der Waals surface area (Å²) in [4.78, 5) is 4.85. The van der Waals surface area contributed by atoms with Crippen molar-refractivity contribution >= 4 is 16.7 Å². The molecule has 6 nitrogen and oxygen atoms in total. The maximum Gasteiger partial charge on any atom is 0.416 e. The van der Waals surface area contributed by atoms with E-state index in [4.69, 9.17) is 14.2 Å². The second-order valence-corrected chi connectivity index (χ2v) is 9.27. The van der Waals surface area contributed by atoms with Crippen LogP contribution in [0, 0.1) is 6.92 Å². The molecule has 0 aliphatic carbocycles. The number of benzene rings is 3. The van der Waals surface area contributed by atoms with Gasteiger partial charge in [-0.2, -0.15) is 13.2 Å². The number of nitrogens with zero attached hydrogens (tertiary/aromatic N) is 1. The fourth-order valence-electron chi connectivity index (χ4n) is 3.62. The Morgan fingerprint density at radius 3 is 2.23 bits per heavy atom. The molecule has 0 aromatic heterocycles. The van der Waals surface area contributed by atoms with Crippen LogP contribution in [-0.4, -0.2) is 36.0 Å². The normalized spacial score (nSPS) is 16.4. The van der Waals surface area contributed by atoms with E-state index in [9.17, 15) is 22.5 Å². The second kappa shape index (κ2) is 9.61. The van der Waals surface area contributed by atoms with Gasteiger partial charge < -0.3 is 19.3 Å². The van der Waals surface area contributed by atoms with Crippen LogP contribution in [0.2, 0.25) is 0 Å². The molecule has 1 aliphatic rings. The zero-order valence-corrected chi connectivity index (χ0v) is 19.9. The third kappa shape index (κ3) is 4.97. The number of aliphatic imine (C=N–C) groups is 1. The van der Waals surface area contributed by atoms with Crippen molar-refractivity contribution in [2.24, 2.45) is 4.99 Å². The molecule has 1 N–H and O–H groups in total. The van der Waals surface area contributed by atoms with Crippen LogP contribution in [0.1, 0.15) is 28.3 Å². The standard InChI is InChI=1S/C25H22F3NO5S/c1-14-4-7-17(8-5-14)35(31)22-12-16(25(26,27)28)6-9-18(22)24-29-19(13-34-24)15-10-20(32-2)23(30)21(11-15)33-3/h4-12,19,30H,13H2,1-3H3/t19-,35+/m1/s1. The largest absolute Gasteiger partial charge is 0.502 e. The maximum atomic E-state index is 13.4. The molecule has 1 heterocycles. The summed E-state index contributed by atoms with van der Waals surface area (Å²) in [6.07, 6.45) is -4.61. The Morgan fingerprint density at radius 1 is 1.03 bits per heavy atom. The van der Waals surface area contributed by atoms with Gasteiger partial charge in [0.25, 0.3) is 0 Å². The molecular weight excluding hydrogens is 483 g/mol. The molecular formula is C25H22F3NO5S. The lowest BCUT2D eigenvalue weighted by atomic mass is 10.1. The number of aryl methyl sites for hydroxylation is 1. The van der Waals surface area contributed by atoms with E-state index in [2.05, 4.69) is 4.99 Å². The molecule has 0 amide bonds. The third-order valence-corrected chi connectivity index (χ3v) is 6.95. The van der Waals surface area contributed by atoms with Gasteiger partial charge in [-0.1, -0.05) is 17.7 Å². The van der Waals surface area contributed by atoms with Gasteiger partial charge in [-0.25, -0.2) is 9.20 Å². The lowest BCUT2D eigenvalue weighted by Gasteiger charge is -2.13. The number of phenolic OH excluding ortho intramolecular Hbond substituents is 1. The minimum atomic E-state index is -4.61. The lowest BCUT2D eigenvalue weighted by molar-refractivity contribution is -0.137. The van der Waals surface area contributed by atoms with E-state index in [0.717, 1.165) is 17.7 Å². The van der Waals surface area contributed by atoms with E-state index in [1.54, 1.807) is 36.4 Å². The molecule has 0 saturated heterocycles. The molecule has 35 heavy (non-hydrogen) atoms. The van der Waals surface area contributed by atoms with Crippen molar-refractivity contribution in [2.45, 2.75) is 28.9 Å². The first-order chi connectivity index (χ1) is 16.6. The highest BCUT2D eigenvalue weighted by atomic mass is 32.2. The average molecular weight is 506 g/mol. The molecule has 4 rings (SSSR count). The molecule has 1 aliphatic heterocycles. The number of rotatable bonds is 6. The number of methoxy groups -OCH3 is 2. The molecule has 0 saturated carbocycles. The predicted molar refractivity (Wildman–Crippen MR) is 124 cm³/mol. The highest BCUT2D eigenvalue weighted by molar-refractivity contribution is 7.85. The van der Waals surface area contributed by atoms with Gasteiger partial charge in [0.05, 0.1) is 41.0 Å². The van der Waals surface area contributed by atoms with Gasteiger partial charge in [-0.15, -0.1) is 0 Å². The number of hydrogen-bond acceptors (Lipinski definition) is 6. The SMILES string of the molecule is COc1cc([C@H]2COC(c3ccc(C(F)(F)F)cc3[S@@](=O)c3ccc(C)cc3)=N2)cc(OC)c1O. The smallest absolute Gasteiger partial charge is 0.416 e. The fraction of sp³-hybridized carbons (Fsp3) is 0.240. The zero-order chi connectivity index (χ0) is 25.3. The fourth-order valence-corrected chi connectivity index (χ4v) is 4.84. The van der Waals surface area contributed by atoms with Crippen LogP contribution in [0.4, 0.5) is 13.2 Å². The summed E-state index contributed by atoms with van der Waals surface area (Å²) in [6, 6.07) is 12.3. The molecule has 184 valence electrons. The Bertz CT molecular complexity index is 1280. The first kappa shape index (κ1) is 24.6. The van der Waals surface area contributed by atoms with Crippen LogP contribution in [-0.2, 0) is 21.7 Å². The number of alkyl halides is 3. The van der Waals surface area contributed by atoms with Crippen molar-refractivity contribution in [2.75, 3.05) is 20.8 Å². The number of phenols is 1. The van der Waals surface area contributed by atoms with Gasteiger partial charge >= 0.3 is 6.18 Å². The van der Waals surface area contributed by atoms with Gasteiger partial charge in [-0.05, 0) is 55.0 Å². The number of halogens is 3. The van der Waals surface area contributed by atoms with Crippen LogP contribution in [0.3, 0.4) is 0 Å². The zero-order valence-electron chi connectivity index (χ0n) is 19.1. The molecule has 3 aromatic carbocycles. The van der Waals surface area contributed by atoms with Gasteiger partial charge in [0.15, 0.2) is 11.5 Å². The van der Waals surface area contributed by atoms with Crippen LogP contribution >= 0.6 is 0 Å². The average Bonchev–Trinajstić information content (AvgIpc) is 3.33. The summed E-state index contributed by atoms with van der Waals surface area (Å²) in [5.74, 6) is 0.267. The van der Waals surface area contributed by atoms with Crippen molar-refractivity contribution in [3.8, 4) is 17.2 Å². The second-order valence-electron chi connectivity index (χ2n) is 7.83. The predicted octanol–water partition coefficient (Wildman–Crippen LogP) is 5.42. The number of hydrogen-bond donors (Lipinski definition) is 1. The summed E-state index contributed by atoms with van der Waals surface area (Å²) in [6.45, 7) is 1.95. The summed E-state index contributed by atoms with van der Waals surface area (Å²) < 4.78 is 69.8. The Morgan fingerprint density at radius 2 is 1.66 bits per heavy atom. The van der Waals surface area contributed by atoms with Crippen LogP contribution < -0.4 is 9.47 Å². The summed E-state index contributed by atoms with van der Waals surface area (Å²) in [5, 5.41) is 10.2. The summed E-state index contributed by atoms with van der Waals surface area (Å²) >= 11 is 0. The minimum Gasteiger partial charge on any atom is -0.502 e. The van der Waals surface area contributed by atoms with Crippen LogP contribution in [0.15, 0.2) is 69.4 Å². The molecule has 0 spiro atoms. The molecule has 0 radical (unpaired) electrons. The maximum absolute atomic E-state index is 13.4. The first-order valence-corrected chi connectivity index (χ1v) is 11.6. The highest BCUT2D eigenvalue weighted by Crippen LogP contribution is 2.41. The van der Waals surface area contributed by atoms with Gasteiger partial charge in [0, 0.05) is 4.90 Å². The van der Waals surface area contributed by atoms with E-state index < -0.39 is 28.6 Å².